The van der Waals surface area contributed by atoms with Crippen molar-refractivity contribution in [2.24, 2.45) is 0 Å². The molecule has 0 fully saturated rings. The van der Waals surface area contributed by atoms with E-state index in [1.54, 1.807) is 0 Å². The first-order chi connectivity index (χ1) is 6.52. The maximum atomic E-state index is 11.0. The predicted molar refractivity (Wildman–Crippen MR) is 45.4 cm³/mol. The number of esters is 1. The molecule has 1 atom stereocenters. The Kier molecular flexibility index (Phi) is 5.50. The van der Waals surface area contributed by atoms with Crippen LogP contribution in [0.3, 0.4) is 0 Å². The highest BCUT2D eigenvalue weighted by Crippen LogP contribution is 1.99. The Morgan fingerprint density at radius 2 is 2.07 bits per heavy atom. The van der Waals surface area contributed by atoms with Crippen molar-refractivity contribution < 1.29 is 29.6 Å². The van der Waals surface area contributed by atoms with Crippen LogP contribution in [-0.2, 0) is 14.3 Å². The summed E-state index contributed by atoms with van der Waals surface area (Å²) in [5, 5.41) is 25.7. The van der Waals surface area contributed by atoms with Gasteiger partial charge in [-0.3, -0.25) is 0 Å². The van der Waals surface area contributed by atoms with Gasteiger partial charge in [0.2, 0.25) is 0 Å². The van der Waals surface area contributed by atoms with Gasteiger partial charge in [0.15, 0.2) is 0 Å². The lowest BCUT2D eigenvalue weighted by Gasteiger charge is -2.08. The van der Waals surface area contributed by atoms with Crippen molar-refractivity contribution in [1.29, 1.82) is 0 Å². The number of aliphatic carboxylic acids is 1. The molecule has 0 spiro atoms. The van der Waals surface area contributed by atoms with E-state index in [4.69, 9.17) is 15.3 Å². The standard InChI is InChI=1S/C8H12O6/c1-2-6(7(11)12)8(13)14-4-5(10)3-9/h2,5,9-10H,3-4H2,1H3,(H,11,12). The summed E-state index contributed by atoms with van der Waals surface area (Å²) in [4.78, 5) is 21.4. The van der Waals surface area contributed by atoms with Gasteiger partial charge in [0.05, 0.1) is 6.61 Å². The zero-order chi connectivity index (χ0) is 11.1. The first kappa shape index (κ1) is 12.6. The van der Waals surface area contributed by atoms with E-state index in [0.717, 1.165) is 6.08 Å². The normalized spacial score (nSPS) is 13.5. The van der Waals surface area contributed by atoms with Gasteiger partial charge in [-0.2, -0.15) is 0 Å². The van der Waals surface area contributed by atoms with E-state index in [0.29, 0.717) is 0 Å². The van der Waals surface area contributed by atoms with Crippen LogP contribution in [0.5, 0.6) is 0 Å². The van der Waals surface area contributed by atoms with Crippen LogP contribution in [0, 0.1) is 0 Å². The maximum Gasteiger partial charge on any atom is 0.345 e. The van der Waals surface area contributed by atoms with Gasteiger partial charge in [0, 0.05) is 0 Å². The Morgan fingerprint density at radius 3 is 2.43 bits per heavy atom. The third kappa shape index (κ3) is 4.01. The summed E-state index contributed by atoms with van der Waals surface area (Å²) in [6.07, 6.45) is -0.0958. The molecule has 0 radical (unpaired) electrons. The van der Waals surface area contributed by atoms with Crippen LogP contribution in [0.1, 0.15) is 6.92 Å². The Hall–Kier alpha value is -1.40. The van der Waals surface area contributed by atoms with Crippen molar-refractivity contribution >= 4 is 11.9 Å². The predicted octanol–water partition coefficient (Wildman–Crippen LogP) is -1.09. The number of ether oxygens (including phenoxy) is 1. The fourth-order valence-corrected chi connectivity index (χ4v) is 0.631. The molecule has 80 valence electrons. The van der Waals surface area contributed by atoms with Crippen LogP contribution in [-0.4, -0.2) is 46.6 Å². The van der Waals surface area contributed by atoms with Crippen LogP contribution >= 0.6 is 0 Å². The highest BCUT2D eigenvalue weighted by Gasteiger charge is 2.18. The summed E-state index contributed by atoms with van der Waals surface area (Å²) < 4.78 is 4.41. The number of carbonyl (C=O) groups is 2. The first-order valence-electron chi connectivity index (χ1n) is 3.88. The number of aliphatic hydroxyl groups is 2. The van der Waals surface area contributed by atoms with E-state index in [9.17, 15) is 9.59 Å². The number of aliphatic hydroxyl groups excluding tert-OH is 2. The molecule has 0 bridgehead atoms. The Balaban J connectivity index is 4.14. The average Bonchev–Trinajstić information content (AvgIpc) is 2.14. The average molecular weight is 204 g/mol. The number of hydrogen-bond donors (Lipinski definition) is 3. The van der Waals surface area contributed by atoms with Crippen molar-refractivity contribution in [3.8, 4) is 0 Å². The molecule has 0 aliphatic heterocycles. The molecule has 0 saturated carbocycles. The lowest BCUT2D eigenvalue weighted by Crippen LogP contribution is -2.24. The molecule has 6 heteroatoms. The van der Waals surface area contributed by atoms with Crippen LogP contribution in [0.25, 0.3) is 0 Å². The van der Waals surface area contributed by atoms with Gasteiger partial charge in [-0.1, -0.05) is 6.08 Å². The van der Waals surface area contributed by atoms with Crippen molar-refractivity contribution in [2.75, 3.05) is 13.2 Å². The number of allylic oxidation sites excluding steroid dienone is 1. The molecule has 0 aliphatic carbocycles. The summed E-state index contributed by atoms with van der Waals surface area (Å²) >= 11 is 0. The monoisotopic (exact) mass is 204 g/mol. The van der Waals surface area contributed by atoms with Crippen molar-refractivity contribution in [1.82, 2.24) is 0 Å². The van der Waals surface area contributed by atoms with E-state index < -0.39 is 36.8 Å². The molecule has 0 heterocycles. The molecule has 0 rings (SSSR count). The second kappa shape index (κ2) is 6.11. The second-order valence-electron chi connectivity index (χ2n) is 2.44. The van der Waals surface area contributed by atoms with E-state index in [2.05, 4.69) is 4.74 Å². The fraction of sp³-hybridized carbons (Fsp3) is 0.500. The summed E-state index contributed by atoms with van der Waals surface area (Å²) in [6, 6.07) is 0. The Bertz CT molecular complexity index is 244. The first-order valence-corrected chi connectivity index (χ1v) is 3.88. The van der Waals surface area contributed by atoms with E-state index in [1.165, 1.54) is 6.92 Å². The van der Waals surface area contributed by atoms with Crippen LogP contribution in [0.2, 0.25) is 0 Å². The van der Waals surface area contributed by atoms with Crippen LogP contribution in [0.15, 0.2) is 11.6 Å². The second-order valence-corrected chi connectivity index (χ2v) is 2.44. The minimum absolute atomic E-state index is 0.431. The molecule has 0 aromatic heterocycles. The van der Waals surface area contributed by atoms with Crippen molar-refractivity contribution in [3.05, 3.63) is 11.6 Å². The number of carboxylic acids is 1. The molecule has 0 aromatic carbocycles. The van der Waals surface area contributed by atoms with E-state index >= 15 is 0 Å². The minimum Gasteiger partial charge on any atom is -0.477 e. The molecule has 1 unspecified atom stereocenters. The Labute approximate surface area is 80.4 Å². The Morgan fingerprint density at radius 1 is 1.50 bits per heavy atom. The smallest absolute Gasteiger partial charge is 0.345 e. The SMILES string of the molecule is CC=C(C(=O)O)C(=O)OCC(O)CO. The topological polar surface area (TPSA) is 104 Å². The van der Waals surface area contributed by atoms with Crippen molar-refractivity contribution in [3.63, 3.8) is 0 Å². The van der Waals surface area contributed by atoms with E-state index in [-0.39, 0.29) is 0 Å². The van der Waals surface area contributed by atoms with Gasteiger partial charge < -0.3 is 20.1 Å². The van der Waals surface area contributed by atoms with Gasteiger partial charge in [-0.15, -0.1) is 0 Å². The van der Waals surface area contributed by atoms with Gasteiger partial charge >= 0.3 is 11.9 Å². The van der Waals surface area contributed by atoms with Gasteiger partial charge in [-0.25, -0.2) is 9.59 Å². The number of rotatable bonds is 5. The lowest BCUT2D eigenvalue weighted by molar-refractivity contribution is -0.146. The number of carboxylic acid groups (broad SMARTS) is 1. The van der Waals surface area contributed by atoms with Gasteiger partial charge in [0.25, 0.3) is 0 Å². The zero-order valence-electron chi connectivity index (χ0n) is 7.64. The molecule has 0 saturated heterocycles. The van der Waals surface area contributed by atoms with Crippen LogP contribution in [0.4, 0.5) is 0 Å². The molecular formula is C8H12O6. The van der Waals surface area contributed by atoms with E-state index in [1.807, 2.05) is 0 Å². The number of carbonyl (C=O) groups excluding carboxylic acids is 1. The third-order valence-corrected chi connectivity index (χ3v) is 1.36. The molecule has 14 heavy (non-hydrogen) atoms. The van der Waals surface area contributed by atoms with Gasteiger partial charge in [-0.05, 0) is 6.92 Å². The highest BCUT2D eigenvalue weighted by molar-refractivity contribution is 6.13. The zero-order valence-corrected chi connectivity index (χ0v) is 7.64. The molecule has 6 nitrogen and oxygen atoms in total. The molecule has 0 aromatic rings. The maximum absolute atomic E-state index is 11.0. The third-order valence-electron chi connectivity index (χ3n) is 1.36. The number of hydrogen-bond acceptors (Lipinski definition) is 5. The molecular weight excluding hydrogens is 192 g/mol. The summed E-state index contributed by atoms with van der Waals surface area (Å²) in [6.45, 7) is 0.401. The summed E-state index contributed by atoms with van der Waals surface area (Å²) in [5.74, 6) is -2.43. The highest BCUT2D eigenvalue weighted by atomic mass is 16.5. The summed E-state index contributed by atoms with van der Waals surface area (Å²) in [7, 11) is 0. The lowest BCUT2D eigenvalue weighted by atomic mass is 10.2. The van der Waals surface area contributed by atoms with Crippen LogP contribution < -0.4 is 0 Å². The summed E-state index contributed by atoms with van der Waals surface area (Å²) in [5.41, 5.74) is -0.505. The van der Waals surface area contributed by atoms with Crippen molar-refractivity contribution in [2.45, 2.75) is 13.0 Å². The molecule has 0 amide bonds. The minimum atomic E-state index is -1.39. The van der Waals surface area contributed by atoms with Gasteiger partial charge in [0.1, 0.15) is 18.3 Å². The fourth-order valence-electron chi connectivity index (χ4n) is 0.631. The molecule has 3 N–H and O–H groups in total. The molecule has 0 aliphatic rings. The largest absolute Gasteiger partial charge is 0.477 e. The quantitative estimate of drug-likeness (QED) is 0.227.